The summed E-state index contributed by atoms with van der Waals surface area (Å²) in [4.78, 5) is 5.99. The maximum Gasteiger partial charge on any atom is 0.134 e. The summed E-state index contributed by atoms with van der Waals surface area (Å²) in [6, 6.07) is 8.34. The molecule has 2 heterocycles. The minimum Gasteiger partial charge on any atom is -0.496 e. The topological polar surface area (TPSA) is 63.2 Å². The van der Waals surface area contributed by atoms with Gasteiger partial charge in [-0.15, -0.1) is 11.3 Å². The van der Waals surface area contributed by atoms with Crippen molar-refractivity contribution in [2.75, 3.05) is 7.11 Å². The van der Waals surface area contributed by atoms with Gasteiger partial charge in [-0.2, -0.15) is 10.4 Å². The Morgan fingerprint density at radius 3 is 3.00 bits per heavy atom. The van der Waals surface area contributed by atoms with Crippen LogP contribution in [-0.4, -0.2) is 23.1 Å². The Morgan fingerprint density at radius 1 is 1.39 bits per heavy atom. The van der Waals surface area contributed by atoms with E-state index in [2.05, 4.69) is 38.2 Å². The number of methoxy groups -OCH3 is 1. The number of aryl methyl sites for hydroxylation is 1. The van der Waals surface area contributed by atoms with Crippen molar-refractivity contribution in [2.45, 2.75) is 32.2 Å². The molecule has 3 aromatic rings. The summed E-state index contributed by atoms with van der Waals surface area (Å²) in [5.74, 6) is 0.813. The molecule has 0 fully saturated rings. The molecule has 0 N–H and O–H groups in total. The van der Waals surface area contributed by atoms with E-state index < -0.39 is 0 Å². The van der Waals surface area contributed by atoms with Crippen LogP contribution in [0.25, 0.3) is 0 Å². The molecule has 0 saturated heterocycles. The molecule has 0 unspecified atom stereocenters. The number of thiophene rings is 1. The maximum atomic E-state index is 9.59. The van der Waals surface area contributed by atoms with E-state index in [1.54, 1.807) is 24.6 Å². The molecule has 5 nitrogen and oxygen atoms in total. The molecule has 0 atom stereocenters. The Kier molecular flexibility index (Phi) is 5.60. The predicted octanol–water partition coefficient (Wildman–Crippen LogP) is 5.27. The zero-order chi connectivity index (χ0) is 19.5. The monoisotopic (exact) mass is 454 g/mol. The third kappa shape index (κ3) is 3.89. The van der Waals surface area contributed by atoms with Crippen LogP contribution in [0.5, 0.6) is 5.75 Å². The Bertz CT molecular complexity index is 1080. The van der Waals surface area contributed by atoms with E-state index in [0.29, 0.717) is 6.54 Å². The molecule has 0 radical (unpaired) electrons. The van der Waals surface area contributed by atoms with Crippen LogP contribution < -0.4 is 4.74 Å². The van der Waals surface area contributed by atoms with E-state index in [1.807, 2.05) is 29.2 Å². The van der Waals surface area contributed by atoms with Gasteiger partial charge in [-0.05, 0) is 70.9 Å². The number of halogens is 1. The third-order valence-electron chi connectivity index (χ3n) is 4.83. The number of hydrogen-bond acceptors (Lipinski definition) is 5. The van der Waals surface area contributed by atoms with Crippen molar-refractivity contribution < 1.29 is 4.74 Å². The zero-order valence-electron chi connectivity index (χ0n) is 15.5. The van der Waals surface area contributed by atoms with E-state index >= 15 is 0 Å². The summed E-state index contributed by atoms with van der Waals surface area (Å²) >= 11 is 5.08. The molecular weight excluding hydrogens is 436 g/mol. The fourth-order valence-corrected chi connectivity index (χ4v) is 5.00. The lowest BCUT2D eigenvalue weighted by molar-refractivity contribution is 0.407. The number of nitrogens with zero attached hydrogens (tertiary/aromatic N) is 4. The second kappa shape index (κ2) is 8.29. The molecule has 0 amide bonds. The molecule has 4 rings (SSSR count). The first-order valence-electron chi connectivity index (χ1n) is 9.11. The second-order valence-corrected chi connectivity index (χ2v) is 8.69. The van der Waals surface area contributed by atoms with Crippen molar-refractivity contribution in [3.05, 3.63) is 62.2 Å². The Hall–Kier alpha value is -2.43. The quantitative estimate of drug-likeness (QED) is 0.493. The lowest BCUT2D eigenvalue weighted by Crippen LogP contribution is -2.03. The van der Waals surface area contributed by atoms with Gasteiger partial charge >= 0.3 is 0 Å². The SMILES string of the molecule is COc1ccc(/C=N/c2sc3c(c2C#N)CCCC3)cc1Cn1cc(Br)cn1. The van der Waals surface area contributed by atoms with Crippen LogP contribution in [0.15, 0.2) is 40.1 Å². The molecule has 1 aliphatic carbocycles. The number of fused-ring (bicyclic) bond motifs is 1. The van der Waals surface area contributed by atoms with Crippen molar-refractivity contribution in [1.82, 2.24) is 9.78 Å². The number of aromatic nitrogens is 2. The van der Waals surface area contributed by atoms with Crippen LogP contribution in [0.3, 0.4) is 0 Å². The van der Waals surface area contributed by atoms with Gasteiger partial charge in [0, 0.05) is 22.9 Å². The van der Waals surface area contributed by atoms with Crippen LogP contribution in [0.4, 0.5) is 5.00 Å². The molecule has 0 saturated carbocycles. The van der Waals surface area contributed by atoms with Crippen LogP contribution in [-0.2, 0) is 19.4 Å². The van der Waals surface area contributed by atoms with Gasteiger partial charge in [0.1, 0.15) is 16.8 Å². The summed E-state index contributed by atoms with van der Waals surface area (Å²) < 4.78 is 8.29. The molecule has 1 aliphatic rings. The summed E-state index contributed by atoms with van der Waals surface area (Å²) in [7, 11) is 1.67. The first-order valence-corrected chi connectivity index (χ1v) is 10.7. The Labute approximate surface area is 176 Å². The average molecular weight is 455 g/mol. The van der Waals surface area contributed by atoms with Crippen LogP contribution in [0.2, 0.25) is 0 Å². The van der Waals surface area contributed by atoms with Gasteiger partial charge in [-0.3, -0.25) is 4.68 Å². The summed E-state index contributed by atoms with van der Waals surface area (Å²) in [6.45, 7) is 0.604. The van der Waals surface area contributed by atoms with Crippen molar-refractivity contribution in [1.29, 1.82) is 5.26 Å². The molecule has 7 heteroatoms. The van der Waals surface area contributed by atoms with E-state index in [1.165, 1.54) is 16.9 Å². The molecule has 28 heavy (non-hydrogen) atoms. The van der Waals surface area contributed by atoms with Gasteiger partial charge < -0.3 is 4.74 Å². The van der Waals surface area contributed by atoms with Crippen molar-refractivity contribution in [3.8, 4) is 11.8 Å². The summed E-state index contributed by atoms with van der Waals surface area (Å²) in [6.07, 6.45) is 9.95. The van der Waals surface area contributed by atoms with Gasteiger partial charge in [-0.25, -0.2) is 4.99 Å². The van der Waals surface area contributed by atoms with Gasteiger partial charge in [-0.1, -0.05) is 0 Å². The van der Waals surface area contributed by atoms with Crippen LogP contribution in [0.1, 0.15) is 40.0 Å². The minimum atomic E-state index is 0.604. The highest BCUT2D eigenvalue weighted by Crippen LogP contribution is 2.39. The first kappa shape index (κ1) is 18.9. The Balaban J connectivity index is 1.62. The minimum absolute atomic E-state index is 0.604. The van der Waals surface area contributed by atoms with Gasteiger partial charge in [0.05, 0.1) is 29.9 Å². The van der Waals surface area contributed by atoms with E-state index in [0.717, 1.165) is 51.2 Å². The lowest BCUT2D eigenvalue weighted by Gasteiger charge is -2.09. The molecule has 1 aromatic carbocycles. The van der Waals surface area contributed by atoms with Crippen molar-refractivity contribution in [3.63, 3.8) is 0 Å². The smallest absolute Gasteiger partial charge is 0.134 e. The largest absolute Gasteiger partial charge is 0.496 e. The number of aliphatic imine (C=N–C) groups is 1. The number of ether oxygens (including phenoxy) is 1. The maximum absolute atomic E-state index is 9.59. The normalized spacial score (nSPS) is 13.5. The van der Waals surface area contributed by atoms with Crippen molar-refractivity contribution >= 4 is 38.5 Å². The zero-order valence-corrected chi connectivity index (χ0v) is 17.9. The van der Waals surface area contributed by atoms with Crippen LogP contribution in [0, 0.1) is 11.3 Å². The van der Waals surface area contributed by atoms with E-state index in [4.69, 9.17) is 4.74 Å². The van der Waals surface area contributed by atoms with Crippen LogP contribution >= 0.6 is 27.3 Å². The molecule has 2 aromatic heterocycles. The van der Waals surface area contributed by atoms with Gasteiger partial charge in [0.15, 0.2) is 0 Å². The number of nitriles is 1. The highest BCUT2D eigenvalue weighted by molar-refractivity contribution is 9.10. The number of hydrogen-bond donors (Lipinski definition) is 0. The summed E-state index contributed by atoms with van der Waals surface area (Å²) in [5, 5.41) is 14.7. The number of benzene rings is 1. The Morgan fingerprint density at radius 2 is 2.25 bits per heavy atom. The highest BCUT2D eigenvalue weighted by Gasteiger charge is 2.20. The number of rotatable bonds is 5. The fraction of sp³-hybridized carbons (Fsp3) is 0.286. The van der Waals surface area contributed by atoms with E-state index in [-0.39, 0.29) is 0 Å². The van der Waals surface area contributed by atoms with Crippen molar-refractivity contribution in [2.24, 2.45) is 4.99 Å². The standard InChI is InChI=1S/C21H19BrN4OS/c1-27-19-7-6-14(8-15(19)12-26-13-16(22)11-25-26)10-24-21-18(9-23)17-4-2-3-5-20(17)28-21/h6-8,10-11,13H,2-5,12H2,1H3/b24-10+. The first-order chi connectivity index (χ1) is 13.7. The van der Waals surface area contributed by atoms with Gasteiger partial charge in [0.2, 0.25) is 0 Å². The predicted molar refractivity (Wildman–Crippen MR) is 115 cm³/mol. The fourth-order valence-electron chi connectivity index (χ4n) is 3.49. The molecular formula is C21H19BrN4OS. The van der Waals surface area contributed by atoms with Gasteiger partial charge in [0.25, 0.3) is 0 Å². The molecule has 0 bridgehead atoms. The summed E-state index contributed by atoms with van der Waals surface area (Å²) in [5.41, 5.74) is 3.96. The highest BCUT2D eigenvalue weighted by atomic mass is 79.9. The second-order valence-electron chi connectivity index (χ2n) is 6.69. The lowest BCUT2D eigenvalue weighted by atomic mass is 9.96. The molecule has 142 valence electrons. The molecule has 0 spiro atoms. The third-order valence-corrected chi connectivity index (χ3v) is 6.44. The molecule has 0 aliphatic heterocycles. The van der Waals surface area contributed by atoms with E-state index in [9.17, 15) is 5.26 Å². The average Bonchev–Trinajstić information content (AvgIpc) is 3.29.